The normalized spacial score (nSPS) is 13.7. The smallest absolute Gasteiger partial charge is 0.326 e. The van der Waals surface area contributed by atoms with Gasteiger partial charge >= 0.3 is 11.9 Å². The third-order valence-electron chi connectivity index (χ3n) is 3.37. The molecule has 0 aliphatic rings. The zero-order chi connectivity index (χ0) is 21.0. The number of guanidine groups is 1. The Bertz CT molecular complexity index is 568. The van der Waals surface area contributed by atoms with E-state index in [1.165, 1.54) is 0 Å². The molecule has 0 saturated heterocycles. The summed E-state index contributed by atoms with van der Waals surface area (Å²) in [7, 11) is 0. The maximum Gasteiger partial charge on any atom is 0.326 e. The number of carbonyl (C=O) groups is 4. The lowest BCUT2D eigenvalue weighted by molar-refractivity contribution is -0.143. The van der Waals surface area contributed by atoms with Gasteiger partial charge in [-0.15, -0.1) is 0 Å². The van der Waals surface area contributed by atoms with Gasteiger partial charge in [0.05, 0.1) is 6.04 Å². The highest BCUT2D eigenvalue weighted by Crippen LogP contribution is 2.04. The van der Waals surface area contributed by atoms with Crippen LogP contribution in [-0.4, -0.2) is 70.3 Å². The number of rotatable bonds is 13. The maximum absolute atomic E-state index is 12.3. The number of carboxylic acids is 2. The van der Waals surface area contributed by atoms with Crippen LogP contribution in [0, 0.1) is 0 Å². The number of nitrogens with zero attached hydrogens (tertiary/aromatic N) is 1. The summed E-state index contributed by atoms with van der Waals surface area (Å²) in [5, 5.41) is 22.6. The summed E-state index contributed by atoms with van der Waals surface area (Å²) in [6.45, 7) is 0.179. The first-order valence-corrected chi connectivity index (χ1v) is 8.68. The molecule has 0 heterocycles. The highest BCUT2D eigenvalue weighted by Gasteiger charge is 2.27. The molecule has 13 heteroatoms. The maximum atomic E-state index is 12.3. The number of hydrogen-bond acceptors (Lipinski definition) is 7. The second-order valence-electron chi connectivity index (χ2n) is 5.63. The van der Waals surface area contributed by atoms with Gasteiger partial charge in [0.2, 0.25) is 11.8 Å². The van der Waals surface area contributed by atoms with Crippen LogP contribution in [0.25, 0.3) is 0 Å². The average Bonchev–Trinajstić information content (AvgIpc) is 2.59. The third-order valence-corrected chi connectivity index (χ3v) is 3.77. The number of amides is 2. The lowest BCUT2D eigenvalue weighted by atomic mass is 10.1. The van der Waals surface area contributed by atoms with E-state index in [-0.39, 0.29) is 37.5 Å². The van der Waals surface area contributed by atoms with Gasteiger partial charge in [0.15, 0.2) is 5.96 Å². The van der Waals surface area contributed by atoms with Crippen LogP contribution in [0.2, 0.25) is 0 Å². The molecule has 3 atom stereocenters. The van der Waals surface area contributed by atoms with Crippen molar-refractivity contribution < 1.29 is 29.4 Å². The molecule has 0 aliphatic carbocycles. The van der Waals surface area contributed by atoms with Crippen LogP contribution in [0.1, 0.15) is 25.7 Å². The van der Waals surface area contributed by atoms with E-state index in [1.807, 2.05) is 0 Å². The second-order valence-corrected chi connectivity index (χ2v) is 6.00. The molecule has 0 aliphatic heterocycles. The summed E-state index contributed by atoms with van der Waals surface area (Å²) < 4.78 is 0. The Hall–Kier alpha value is -2.54. The fourth-order valence-electron chi connectivity index (χ4n) is 1.93. The zero-order valence-electron chi connectivity index (χ0n) is 14.6. The first-order valence-electron chi connectivity index (χ1n) is 8.05. The molecule has 0 radical (unpaired) electrons. The van der Waals surface area contributed by atoms with Crippen molar-refractivity contribution in [3.05, 3.63) is 0 Å². The molecule has 10 N–H and O–H groups in total. The summed E-state index contributed by atoms with van der Waals surface area (Å²) in [6.07, 6.45) is -0.317. The van der Waals surface area contributed by atoms with Crippen molar-refractivity contribution in [1.29, 1.82) is 0 Å². The van der Waals surface area contributed by atoms with Crippen molar-refractivity contribution in [3.63, 3.8) is 0 Å². The van der Waals surface area contributed by atoms with Gasteiger partial charge in [-0.25, -0.2) is 4.79 Å². The molecule has 27 heavy (non-hydrogen) atoms. The number of carbonyl (C=O) groups excluding carboxylic acids is 2. The quantitative estimate of drug-likeness (QED) is 0.0684. The number of nitrogens with one attached hydrogen (secondary N) is 2. The molecule has 0 saturated carbocycles. The minimum atomic E-state index is -1.29. The summed E-state index contributed by atoms with van der Waals surface area (Å²) in [5.41, 5.74) is 15.8. The molecular weight excluding hydrogens is 380 g/mol. The van der Waals surface area contributed by atoms with E-state index in [0.717, 1.165) is 0 Å². The van der Waals surface area contributed by atoms with Gasteiger partial charge in [-0.3, -0.25) is 19.4 Å². The highest BCUT2D eigenvalue weighted by atomic mass is 32.1. The van der Waals surface area contributed by atoms with Crippen LogP contribution in [0.4, 0.5) is 0 Å². The molecule has 0 aromatic rings. The number of carboxylic acid groups (broad SMARTS) is 2. The molecular formula is C14H26N6O6S. The van der Waals surface area contributed by atoms with Gasteiger partial charge in [0.25, 0.3) is 0 Å². The van der Waals surface area contributed by atoms with Gasteiger partial charge in [0, 0.05) is 18.7 Å². The van der Waals surface area contributed by atoms with Crippen molar-refractivity contribution >= 4 is 42.3 Å². The first-order chi connectivity index (χ1) is 12.6. The van der Waals surface area contributed by atoms with Crippen molar-refractivity contribution in [2.45, 2.75) is 43.8 Å². The fraction of sp³-hybridized carbons (Fsp3) is 0.643. The van der Waals surface area contributed by atoms with Crippen molar-refractivity contribution in [1.82, 2.24) is 10.6 Å². The predicted octanol–water partition coefficient (Wildman–Crippen LogP) is -2.78. The van der Waals surface area contributed by atoms with Crippen LogP contribution < -0.4 is 27.8 Å². The van der Waals surface area contributed by atoms with Gasteiger partial charge < -0.3 is 38.0 Å². The van der Waals surface area contributed by atoms with E-state index in [0.29, 0.717) is 0 Å². The molecule has 154 valence electrons. The van der Waals surface area contributed by atoms with Crippen LogP contribution in [-0.2, 0) is 19.2 Å². The second kappa shape index (κ2) is 12.8. The fourth-order valence-corrected chi connectivity index (χ4v) is 2.10. The van der Waals surface area contributed by atoms with E-state index in [9.17, 15) is 24.3 Å². The Labute approximate surface area is 161 Å². The Kier molecular flexibility index (Phi) is 11.6. The largest absolute Gasteiger partial charge is 0.481 e. The van der Waals surface area contributed by atoms with Crippen LogP contribution in [0.15, 0.2) is 4.99 Å². The Morgan fingerprint density at radius 3 is 2.07 bits per heavy atom. The number of nitrogens with two attached hydrogens (primary N) is 3. The first kappa shape index (κ1) is 24.5. The SMILES string of the molecule is NC(N)=NCCCC(NC(=O)C(CCC(=O)O)NC(=O)C(N)CS)C(=O)O. The molecule has 0 aromatic carbocycles. The van der Waals surface area contributed by atoms with E-state index < -0.39 is 48.3 Å². The Morgan fingerprint density at radius 2 is 1.59 bits per heavy atom. The Morgan fingerprint density at radius 1 is 1.00 bits per heavy atom. The number of hydrogen-bond donors (Lipinski definition) is 8. The summed E-state index contributed by atoms with van der Waals surface area (Å²) in [5.74, 6) is -4.11. The topological polar surface area (TPSA) is 223 Å². The summed E-state index contributed by atoms with van der Waals surface area (Å²) in [4.78, 5) is 50.0. The van der Waals surface area contributed by atoms with E-state index in [4.69, 9.17) is 22.3 Å². The van der Waals surface area contributed by atoms with Crippen molar-refractivity contribution in [2.24, 2.45) is 22.2 Å². The van der Waals surface area contributed by atoms with Crippen LogP contribution in [0.5, 0.6) is 0 Å². The average molecular weight is 406 g/mol. The number of aliphatic carboxylic acids is 2. The number of thiol groups is 1. The predicted molar refractivity (Wildman–Crippen MR) is 100 cm³/mol. The molecule has 0 aromatic heterocycles. The minimum absolute atomic E-state index is 0.0155. The van der Waals surface area contributed by atoms with Gasteiger partial charge in [-0.1, -0.05) is 0 Å². The minimum Gasteiger partial charge on any atom is -0.481 e. The number of aliphatic imine (C=N–C) groups is 1. The van der Waals surface area contributed by atoms with Crippen molar-refractivity contribution in [3.8, 4) is 0 Å². The molecule has 2 amide bonds. The van der Waals surface area contributed by atoms with Crippen LogP contribution in [0.3, 0.4) is 0 Å². The molecule has 3 unspecified atom stereocenters. The highest BCUT2D eigenvalue weighted by molar-refractivity contribution is 7.80. The summed E-state index contributed by atoms with van der Waals surface area (Å²) in [6, 6.07) is -3.50. The summed E-state index contributed by atoms with van der Waals surface area (Å²) >= 11 is 3.87. The molecule has 0 rings (SSSR count). The monoisotopic (exact) mass is 406 g/mol. The zero-order valence-corrected chi connectivity index (χ0v) is 15.5. The van der Waals surface area contributed by atoms with Gasteiger partial charge in [-0.2, -0.15) is 12.6 Å². The standard InChI is InChI=1S/C14H26N6O6S/c15-7(6-27)11(23)19-8(3-4-10(21)22)12(24)20-9(13(25)26)2-1-5-18-14(16)17/h7-9,27H,1-6,15H2,(H,19,23)(H,20,24)(H,21,22)(H,25,26)(H4,16,17,18). The third kappa shape index (κ3) is 10.9. The molecule has 0 fully saturated rings. The van der Waals surface area contributed by atoms with Crippen LogP contribution >= 0.6 is 12.6 Å². The Balaban J connectivity index is 4.97. The lowest BCUT2D eigenvalue weighted by Gasteiger charge is -2.22. The molecule has 0 spiro atoms. The van der Waals surface area contributed by atoms with E-state index in [1.54, 1.807) is 0 Å². The molecule has 12 nitrogen and oxygen atoms in total. The van der Waals surface area contributed by atoms with E-state index >= 15 is 0 Å². The van der Waals surface area contributed by atoms with Gasteiger partial charge in [0.1, 0.15) is 12.1 Å². The van der Waals surface area contributed by atoms with E-state index in [2.05, 4.69) is 28.3 Å². The lowest BCUT2D eigenvalue weighted by Crippen LogP contribution is -2.54. The van der Waals surface area contributed by atoms with Gasteiger partial charge in [-0.05, 0) is 19.3 Å². The molecule has 0 bridgehead atoms. The van der Waals surface area contributed by atoms with Crippen molar-refractivity contribution in [2.75, 3.05) is 12.3 Å².